The molecule has 1 rings (SSSR count). The van der Waals surface area contributed by atoms with Gasteiger partial charge in [0.2, 0.25) is 5.91 Å². The van der Waals surface area contributed by atoms with Crippen molar-refractivity contribution in [2.75, 3.05) is 13.2 Å². The summed E-state index contributed by atoms with van der Waals surface area (Å²) >= 11 is 0. The second kappa shape index (κ2) is 9.00. The Morgan fingerprint density at radius 3 is 2.43 bits per heavy atom. The number of rotatable bonds is 9. The van der Waals surface area contributed by atoms with Gasteiger partial charge in [0.1, 0.15) is 5.75 Å². The molecular formula is C16H23NO4. The number of carboxylic acid groups (broad SMARTS) is 1. The Hall–Kier alpha value is -2.04. The lowest BCUT2D eigenvalue weighted by Gasteiger charge is -2.26. The maximum absolute atomic E-state index is 12.1. The van der Waals surface area contributed by atoms with Gasteiger partial charge in [-0.25, -0.2) is 0 Å². The monoisotopic (exact) mass is 293 g/mol. The third-order valence-corrected chi connectivity index (χ3v) is 3.06. The lowest BCUT2D eigenvalue weighted by Crippen LogP contribution is -2.38. The molecule has 1 aromatic carbocycles. The van der Waals surface area contributed by atoms with Crippen molar-refractivity contribution in [1.29, 1.82) is 0 Å². The minimum Gasteiger partial charge on any atom is -0.493 e. The van der Waals surface area contributed by atoms with Crippen LogP contribution in [0, 0.1) is 0 Å². The Kier molecular flexibility index (Phi) is 7.29. The lowest BCUT2D eigenvalue weighted by molar-refractivity contribution is -0.138. The summed E-state index contributed by atoms with van der Waals surface area (Å²) in [7, 11) is 0. The highest BCUT2D eigenvalue weighted by atomic mass is 16.5. The Morgan fingerprint density at radius 1 is 1.19 bits per heavy atom. The number of hydrogen-bond donors (Lipinski definition) is 1. The second-order valence-corrected chi connectivity index (χ2v) is 5.09. The third-order valence-electron chi connectivity index (χ3n) is 3.06. The number of benzene rings is 1. The van der Waals surface area contributed by atoms with Crippen LogP contribution in [0.1, 0.15) is 33.1 Å². The molecule has 0 heterocycles. The van der Waals surface area contributed by atoms with E-state index in [1.807, 2.05) is 44.2 Å². The molecular weight excluding hydrogens is 270 g/mol. The molecule has 0 saturated heterocycles. The van der Waals surface area contributed by atoms with Crippen molar-refractivity contribution in [3.05, 3.63) is 30.3 Å². The van der Waals surface area contributed by atoms with Gasteiger partial charge in [0.15, 0.2) is 0 Å². The van der Waals surface area contributed by atoms with Crippen LogP contribution in [0.3, 0.4) is 0 Å². The molecule has 0 fully saturated rings. The van der Waals surface area contributed by atoms with Crippen LogP contribution >= 0.6 is 0 Å². The molecule has 1 aromatic rings. The molecule has 0 radical (unpaired) electrons. The van der Waals surface area contributed by atoms with Crippen LogP contribution in [0.2, 0.25) is 0 Å². The average molecular weight is 293 g/mol. The fraction of sp³-hybridized carbons (Fsp3) is 0.500. The normalized spacial score (nSPS) is 10.4. The van der Waals surface area contributed by atoms with Crippen LogP contribution in [0.5, 0.6) is 5.75 Å². The van der Waals surface area contributed by atoms with Crippen LogP contribution in [0.15, 0.2) is 30.3 Å². The van der Waals surface area contributed by atoms with E-state index in [4.69, 9.17) is 9.84 Å². The van der Waals surface area contributed by atoms with Gasteiger partial charge in [-0.1, -0.05) is 18.2 Å². The zero-order chi connectivity index (χ0) is 15.7. The number of aliphatic carboxylic acids is 1. The second-order valence-electron chi connectivity index (χ2n) is 5.09. The summed E-state index contributed by atoms with van der Waals surface area (Å²) in [4.78, 5) is 24.4. The Labute approximate surface area is 125 Å². The molecule has 1 N–H and O–H groups in total. The van der Waals surface area contributed by atoms with Crippen LogP contribution in [0.25, 0.3) is 0 Å². The molecule has 116 valence electrons. The Balaban J connectivity index is 2.36. The molecule has 0 unspecified atom stereocenters. The molecule has 0 aliphatic rings. The van der Waals surface area contributed by atoms with E-state index in [1.54, 1.807) is 4.90 Å². The summed E-state index contributed by atoms with van der Waals surface area (Å²) in [6.45, 7) is 4.65. The molecule has 0 saturated carbocycles. The van der Waals surface area contributed by atoms with Gasteiger partial charge in [-0.2, -0.15) is 0 Å². The van der Waals surface area contributed by atoms with E-state index in [2.05, 4.69) is 0 Å². The van der Waals surface area contributed by atoms with Gasteiger partial charge in [0.25, 0.3) is 0 Å². The van der Waals surface area contributed by atoms with Crippen molar-refractivity contribution in [1.82, 2.24) is 4.90 Å². The summed E-state index contributed by atoms with van der Waals surface area (Å²) in [5.74, 6) is -0.0999. The predicted octanol–water partition coefficient (Wildman–Crippen LogP) is 2.56. The lowest BCUT2D eigenvalue weighted by atomic mass is 10.2. The van der Waals surface area contributed by atoms with Crippen LogP contribution in [-0.4, -0.2) is 41.1 Å². The van der Waals surface area contributed by atoms with E-state index < -0.39 is 5.97 Å². The van der Waals surface area contributed by atoms with Crippen molar-refractivity contribution in [2.45, 2.75) is 39.2 Å². The molecule has 0 spiro atoms. The van der Waals surface area contributed by atoms with Gasteiger partial charge in [0, 0.05) is 19.0 Å². The van der Waals surface area contributed by atoms with E-state index in [1.165, 1.54) is 0 Å². The molecule has 0 aromatic heterocycles. The molecule has 21 heavy (non-hydrogen) atoms. The minimum absolute atomic E-state index is 0.00804. The van der Waals surface area contributed by atoms with Crippen molar-refractivity contribution < 1.29 is 19.4 Å². The average Bonchev–Trinajstić information content (AvgIpc) is 2.44. The fourth-order valence-corrected chi connectivity index (χ4v) is 1.99. The first kappa shape index (κ1) is 17.0. The van der Waals surface area contributed by atoms with Gasteiger partial charge in [-0.15, -0.1) is 0 Å². The molecule has 5 heteroatoms. The zero-order valence-corrected chi connectivity index (χ0v) is 12.6. The van der Waals surface area contributed by atoms with E-state index >= 15 is 0 Å². The summed E-state index contributed by atoms with van der Waals surface area (Å²) in [6.07, 6.45) is 0.843. The van der Waals surface area contributed by atoms with E-state index in [9.17, 15) is 9.59 Å². The van der Waals surface area contributed by atoms with Gasteiger partial charge in [-0.05, 0) is 32.4 Å². The van der Waals surface area contributed by atoms with Crippen LogP contribution in [-0.2, 0) is 9.59 Å². The molecule has 0 aliphatic carbocycles. The third kappa shape index (κ3) is 6.79. The quantitative estimate of drug-likeness (QED) is 0.760. The van der Waals surface area contributed by atoms with Gasteiger partial charge in [-0.3, -0.25) is 9.59 Å². The minimum atomic E-state index is -0.835. The molecule has 5 nitrogen and oxygen atoms in total. The summed E-state index contributed by atoms with van der Waals surface area (Å²) in [5.41, 5.74) is 0. The number of carbonyl (C=O) groups is 2. The molecule has 0 atom stereocenters. The van der Waals surface area contributed by atoms with Crippen molar-refractivity contribution in [2.24, 2.45) is 0 Å². The maximum atomic E-state index is 12.1. The first-order valence-corrected chi connectivity index (χ1v) is 7.20. The van der Waals surface area contributed by atoms with Gasteiger partial charge < -0.3 is 14.7 Å². The Morgan fingerprint density at radius 2 is 1.86 bits per heavy atom. The number of nitrogens with zero attached hydrogens (tertiary/aromatic N) is 1. The molecule has 1 amide bonds. The van der Waals surface area contributed by atoms with Crippen LogP contribution in [0.4, 0.5) is 0 Å². The summed E-state index contributed by atoms with van der Waals surface area (Å²) in [5, 5.41) is 8.65. The fourth-order valence-electron chi connectivity index (χ4n) is 1.99. The SMILES string of the molecule is CC(C)N(CCCC(=O)O)C(=O)CCOc1ccccc1. The van der Waals surface area contributed by atoms with Crippen molar-refractivity contribution in [3.63, 3.8) is 0 Å². The highest BCUT2D eigenvalue weighted by Gasteiger charge is 2.16. The summed E-state index contributed by atoms with van der Waals surface area (Å²) in [6, 6.07) is 9.41. The first-order valence-electron chi connectivity index (χ1n) is 7.20. The number of amides is 1. The van der Waals surface area contributed by atoms with Gasteiger partial charge >= 0.3 is 5.97 Å². The molecule has 0 aliphatic heterocycles. The van der Waals surface area contributed by atoms with E-state index in [-0.39, 0.29) is 18.4 Å². The number of carbonyl (C=O) groups excluding carboxylic acids is 1. The van der Waals surface area contributed by atoms with E-state index in [0.29, 0.717) is 26.0 Å². The number of carboxylic acids is 1. The largest absolute Gasteiger partial charge is 0.493 e. The highest BCUT2D eigenvalue weighted by Crippen LogP contribution is 2.10. The summed E-state index contributed by atoms with van der Waals surface area (Å²) < 4.78 is 5.51. The predicted molar refractivity (Wildman–Crippen MR) is 80.3 cm³/mol. The zero-order valence-electron chi connectivity index (χ0n) is 12.6. The molecule has 0 bridgehead atoms. The van der Waals surface area contributed by atoms with Crippen molar-refractivity contribution in [3.8, 4) is 5.75 Å². The standard InChI is InChI=1S/C16H23NO4/c1-13(2)17(11-6-9-16(19)20)15(18)10-12-21-14-7-4-3-5-8-14/h3-5,7-8,13H,6,9-12H2,1-2H3,(H,19,20). The topological polar surface area (TPSA) is 66.8 Å². The van der Waals surface area contributed by atoms with Crippen molar-refractivity contribution >= 4 is 11.9 Å². The maximum Gasteiger partial charge on any atom is 0.303 e. The Bertz CT molecular complexity index is 445. The highest BCUT2D eigenvalue weighted by molar-refractivity contribution is 5.76. The van der Waals surface area contributed by atoms with Gasteiger partial charge in [0.05, 0.1) is 13.0 Å². The van der Waals surface area contributed by atoms with Crippen LogP contribution < -0.4 is 4.74 Å². The first-order chi connectivity index (χ1) is 10.0. The van der Waals surface area contributed by atoms with E-state index in [0.717, 1.165) is 5.75 Å². The number of hydrogen-bond acceptors (Lipinski definition) is 3. The number of para-hydroxylation sites is 1. The smallest absolute Gasteiger partial charge is 0.303 e. The number of ether oxygens (including phenoxy) is 1.